The third-order valence-corrected chi connectivity index (χ3v) is 2.44. The van der Waals surface area contributed by atoms with Gasteiger partial charge in [-0.3, -0.25) is 4.79 Å². The Morgan fingerprint density at radius 2 is 2.20 bits per heavy atom. The van der Waals surface area contributed by atoms with E-state index in [9.17, 15) is 9.59 Å². The van der Waals surface area contributed by atoms with Gasteiger partial charge in [-0.15, -0.1) is 0 Å². The minimum atomic E-state index is -0.989. The third-order valence-electron chi connectivity index (χ3n) is 2.44. The number of carbonyl (C=O) groups is 2. The fraction of sp³-hybridized carbons (Fsp3) is 0.333. The number of aliphatic carboxylic acids is 1. The van der Waals surface area contributed by atoms with Crippen molar-refractivity contribution in [3.8, 4) is 0 Å². The van der Waals surface area contributed by atoms with Gasteiger partial charge < -0.3 is 15.2 Å². The largest absolute Gasteiger partial charge is 0.478 e. The van der Waals surface area contributed by atoms with E-state index < -0.39 is 5.97 Å². The van der Waals surface area contributed by atoms with Gasteiger partial charge in [-0.05, 0) is 29.7 Å². The molecule has 5 heteroatoms. The Bertz CT molecular complexity index is 483. The van der Waals surface area contributed by atoms with Gasteiger partial charge in [-0.25, -0.2) is 4.79 Å². The Kier molecular flexibility index (Phi) is 7.06. The molecular weight excluding hydrogens is 258 g/mol. The number of amides is 1. The van der Waals surface area contributed by atoms with Crippen LogP contribution in [0.25, 0.3) is 6.08 Å². The zero-order valence-corrected chi connectivity index (χ0v) is 11.5. The molecule has 1 aromatic rings. The summed E-state index contributed by atoms with van der Waals surface area (Å²) in [4.78, 5) is 21.9. The lowest BCUT2D eigenvalue weighted by atomic mass is 10.1. The molecule has 0 bridgehead atoms. The van der Waals surface area contributed by atoms with Gasteiger partial charge in [0, 0.05) is 19.2 Å². The molecule has 0 spiro atoms. The molecule has 0 aliphatic heterocycles. The average molecular weight is 277 g/mol. The van der Waals surface area contributed by atoms with Crippen LogP contribution in [-0.2, 0) is 20.9 Å². The lowest BCUT2D eigenvalue weighted by Crippen LogP contribution is -2.27. The molecule has 2 N–H and O–H groups in total. The van der Waals surface area contributed by atoms with Gasteiger partial charge in [0.15, 0.2) is 0 Å². The Labute approximate surface area is 118 Å². The van der Waals surface area contributed by atoms with E-state index in [-0.39, 0.29) is 12.5 Å². The molecule has 0 aromatic heterocycles. The summed E-state index contributed by atoms with van der Waals surface area (Å²) in [5.74, 6) is -1.15. The summed E-state index contributed by atoms with van der Waals surface area (Å²) in [5.41, 5.74) is 1.68. The number of hydrogen-bond donors (Lipinski definition) is 2. The van der Waals surface area contributed by atoms with Crippen LogP contribution in [0.3, 0.4) is 0 Å². The molecule has 0 radical (unpaired) electrons. The average Bonchev–Trinajstić information content (AvgIpc) is 2.44. The van der Waals surface area contributed by atoms with Crippen LogP contribution >= 0.6 is 0 Å². The van der Waals surface area contributed by atoms with Crippen molar-refractivity contribution in [2.24, 2.45) is 0 Å². The molecule has 0 saturated carbocycles. The minimum Gasteiger partial charge on any atom is -0.478 e. The first kappa shape index (κ1) is 15.9. The van der Waals surface area contributed by atoms with Crippen molar-refractivity contribution in [1.82, 2.24) is 5.32 Å². The minimum absolute atomic E-state index is 0.0620. The van der Waals surface area contributed by atoms with Crippen LogP contribution in [0.4, 0.5) is 0 Å². The van der Waals surface area contributed by atoms with E-state index in [4.69, 9.17) is 9.84 Å². The Morgan fingerprint density at radius 3 is 2.90 bits per heavy atom. The predicted molar refractivity (Wildman–Crippen MR) is 76.1 cm³/mol. The first-order valence-electron chi connectivity index (χ1n) is 6.46. The highest BCUT2D eigenvalue weighted by Crippen LogP contribution is 2.07. The summed E-state index contributed by atoms with van der Waals surface area (Å²) in [6, 6.07) is 7.31. The van der Waals surface area contributed by atoms with Gasteiger partial charge in [0.1, 0.15) is 6.61 Å². The highest BCUT2D eigenvalue weighted by molar-refractivity contribution is 5.85. The standard InChI is InChI=1S/C15H19NO4/c1-2-8-20-11-14(17)16-10-13-5-3-4-12(9-13)6-7-15(18)19/h3-7,9H,2,8,10-11H2,1H3,(H,16,17)(H,18,19)/b7-6+. The number of carbonyl (C=O) groups excluding carboxylic acids is 1. The quantitative estimate of drug-likeness (QED) is 0.561. The van der Waals surface area contributed by atoms with E-state index in [1.165, 1.54) is 6.08 Å². The Hall–Kier alpha value is -2.14. The Morgan fingerprint density at radius 1 is 1.40 bits per heavy atom. The molecule has 0 fully saturated rings. The van der Waals surface area contributed by atoms with Crippen LogP contribution in [0.1, 0.15) is 24.5 Å². The number of ether oxygens (including phenoxy) is 1. The summed E-state index contributed by atoms with van der Waals surface area (Å²) >= 11 is 0. The van der Waals surface area contributed by atoms with Crippen molar-refractivity contribution in [3.05, 3.63) is 41.5 Å². The van der Waals surface area contributed by atoms with Crippen LogP contribution < -0.4 is 5.32 Å². The van der Waals surface area contributed by atoms with E-state index in [2.05, 4.69) is 5.32 Å². The highest BCUT2D eigenvalue weighted by atomic mass is 16.5. The topological polar surface area (TPSA) is 75.6 Å². The maximum absolute atomic E-state index is 11.5. The van der Waals surface area contributed by atoms with E-state index in [0.717, 1.165) is 23.6 Å². The normalized spacial score (nSPS) is 10.7. The summed E-state index contributed by atoms with van der Waals surface area (Å²) in [7, 11) is 0. The summed E-state index contributed by atoms with van der Waals surface area (Å²) in [5, 5.41) is 11.3. The third kappa shape index (κ3) is 6.70. The number of hydrogen-bond acceptors (Lipinski definition) is 3. The predicted octanol–water partition coefficient (Wildman–Crippen LogP) is 1.83. The van der Waals surface area contributed by atoms with Gasteiger partial charge in [-0.1, -0.05) is 25.1 Å². The molecule has 0 atom stereocenters. The summed E-state index contributed by atoms with van der Waals surface area (Å²) in [6.45, 7) is 3.01. The van der Waals surface area contributed by atoms with Gasteiger partial charge in [0.05, 0.1) is 0 Å². The van der Waals surface area contributed by atoms with E-state index in [1.54, 1.807) is 6.07 Å². The number of carboxylic acid groups (broad SMARTS) is 1. The monoisotopic (exact) mass is 277 g/mol. The number of benzene rings is 1. The van der Waals surface area contributed by atoms with Crippen molar-refractivity contribution in [1.29, 1.82) is 0 Å². The van der Waals surface area contributed by atoms with Gasteiger partial charge in [0.25, 0.3) is 0 Å². The van der Waals surface area contributed by atoms with Crippen LogP contribution in [0, 0.1) is 0 Å². The maximum atomic E-state index is 11.5. The zero-order valence-electron chi connectivity index (χ0n) is 11.5. The van der Waals surface area contributed by atoms with Crippen molar-refractivity contribution in [2.75, 3.05) is 13.2 Å². The van der Waals surface area contributed by atoms with Crippen molar-refractivity contribution in [2.45, 2.75) is 19.9 Å². The molecular formula is C15H19NO4. The number of carboxylic acids is 1. The molecule has 1 aromatic carbocycles. The first-order chi connectivity index (χ1) is 9.61. The maximum Gasteiger partial charge on any atom is 0.328 e. The summed E-state index contributed by atoms with van der Waals surface area (Å²) in [6.07, 6.45) is 3.47. The second-order valence-electron chi connectivity index (χ2n) is 4.25. The number of rotatable bonds is 8. The molecule has 0 saturated heterocycles. The molecule has 108 valence electrons. The van der Waals surface area contributed by atoms with Crippen molar-refractivity contribution >= 4 is 18.0 Å². The lowest BCUT2D eigenvalue weighted by Gasteiger charge is -2.06. The fourth-order valence-electron chi connectivity index (χ4n) is 1.54. The smallest absolute Gasteiger partial charge is 0.328 e. The van der Waals surface area contributed by atoms with Gasteiger partial charge in [-0.2, -0.15) is 0 Å². The van der Waals surface area contributed by atoms with E-state index in [1.807, 2.05) is 25.1 Å². The number of nitrogens with one attached hydrogen (secondary N) is 1. The van der Waals surface area contributed by atoms with Crippen LogP contribution in [0.5, 0.6) is 0 Å². The molecule has 0 heterocycles. The van der Waals surface area contributed by atoms with Crippen LogP contribution in [-0.4, -0.2) is 30.2 Å². The SMILES string of the molecule is CCCOCC(=O)NCc1cccc(/C=C/C(=O)O)c1. The van der Waals surface area contributed by atoms with Gasteiger partial charge >= 0.3 is 5.97 Å². The molecule has 1 amide bonds. The molecule has 0 aliphatic rings. The van der Waals surface area contributed by atoms with E-state index in [0.29, 0.717) is 13.2 Å². The fourth-order valence-corrected chi connectivity index (χ4v) is 1.54. The first-order valence-corrected chi connectivity index (χ1v) is 6.46. The lowest BCUT2D eigenvalue weighted by molar-refractivity contribution is -0.131. The van der Waals surface area contributed by atoms with Crippen molar-refractivity contribution in [3.63, 3.8) is 0 Å². The molecule has 0 unspecified atom stereocenters. The highest BCUT2D eigenvalue weighted by Gasteiger charge is 2.01. The van der Waals surface area contributed by atoms with Gasteiger partial charge in [0.2, 0.25) is 5.91 Å². The zero-order chi connectivity index (χ0) is 14.8. The Balaban J connectivity index is 2.46. The van der Waals surface area contributed by atoms with E-state index >= 15 is 0 Å². The molecule has 0 aliphatic carbocycles. The second-order valence-corrected chi connectivity index (χ2v) is 4.25. The van der Waals surface area contributed by atoms with Crippen LogP contribution in [0.15, 0.2) is 30.3 Å². The van der Waals surface area contributed by atoms with Crippen molar-refractivity contribution < 1.29 is 19.4 Å². The molecule has 20 heavy (non-hydrogen) atoms. The molecule has 1 rings (SSSR count). The summed E-state index contributed by atoms with van der Waals surface area (Å²) < 4.78 is 5.13. The molecule has 5 nitrogen and oxygen atoms in total. The second kappa shape index (κ2) is 8.87. The van der Waals surface area contributed by atoms with Crippen LogP contribution in [0.2, 0.25) is 0 Å².